The van der Waals surface area contributed by atoms with Crippen LogP contribution < -0.4 is 0 Å². The molecule has 0 saturated heterocycles. The lowest BCUT2D eigenvalue weighted by Crippen LogP contribution is -1.98. The number of nitrogens with zero attached hydrogens (tertiary/aromatic N) is 1. The number of aliphatic imine (C=N–C) groups is 1. The Labute approximate surface area is 111 Å². The topological polar surface area (TPSA) is 12.4 Å². The van der Waals surface area contributed by atoms with Crippen molar-refractivity contribution in [2.24, 2.45) is 4.99 Å². The fourth-order valence-corrected chi connectivity index (χ4v) is 1.82. The molecule has 1 nitrogen and oxygen atoms in total. The predicted molar refractivity (Wildman–Crippen MR) is 73.6 cm³/mol. The first kappa shape index (κ1) is 13.4. The Hall–Kier alpha value is -2.03. The van der Waals surface area contributed by atoms with Crippen molar-refractivity contribution in [2.45, 2.75) is 13.3 Å². The van der Waals surface area contributed by atoms with E-state index in [4.69, 9.17) is 0 Å². The van der Waals surface area contributed by atoms with Crippen molar-refractivity contribution in [2.75, 3.05) is 6.54 Å². The summed E-state index contributed by atoms with van der Waals surface area (Å²) in [5.41, 5.74) is 2.78. The molecule has 0 spiro atoms. The molecule has 0 unspecified atom stereocenters. The van der Waals surface area contributed by atoms with Gasteiger partial charge in [0.2, 0.25) is 0 Å². The van der Waals surface area contributed by atoms with E-state index >= 15 is 0 Å². The predicted octanol–water partition coefficient (Wildman–Crippen LogP) is 4.02. The van der Waals surface area contributed by atoms with Crippen LogP contribution in [0.3, 0.4) is 0 Å². The molecule has 0 amide bonds. The number of hydrogen-bond acceptors (Lipinski definition) is 1. The van der Waals surface area contributed by atoms with Crippen molar-refractivity contribution in [3.05, 3.63) is 71.3 Å². The third kappa shape index (κ3) is 3.71. The van der Waals surface area contributed by atoms with E-state index in [1.54, 1.807) is 6.07 Å². The second-order valence-electron chi connectivity index (χ2n) is 4.33. The highest BCUT2D eigenvalue weighted by Gasteiger charge is 2.02. The number of benzene rings is 2. The highest BCUT2D eigenvalue weighted by Crippen LogP contribution is 2.09. The number of hydrogen-bond donors (Lipinski definition) is 0. The Bertz CT molecular complexity index is 577. The third-order valence-electron chi connectivity index (χ3n) is 2.93. The summed E-state index contributed by atoms with van der Waals surface area (Å²) in [6.07, 6.45) is 0.599. The van der Waals surface area contributed by atoms with Crippen molar-refractivity contribution in [3.8, 4) is 0 Å². The molecule has 0 saturated carbocycles. The molecular weight excluding hydrogens is 244 g/mol. The van der Waals surface area contributed by atoms with Crippen LogP contribution >= 0.6 is 0 Å². The van der Waals surface area contributed by atoms with Crippen molar-refractivity contribution < 1.29 is 8.78 Å². The molecule has 19 heavy (non-hydrogen) atoms. The van der Waals surface area contributed by atoms with Gasteiger partial charge in [-0.25, -0.2) is 8.78 Å². The Kier molecular flexibility index (Phi) is 4.39. The average Bonchev–Trinajstić information content (AvgIpc) is 2.43. The Morgan fingerprint density at radius 1 is 1.00 bits per heavy atom. The molecule has 2 aromatic carbocycles. The van der Waals surface area contributed by atoms with Crippen LogP contribution in [0.5, 0.6) is 0 Å². The molecule has 3 heteroatoms. The van der Waals surface area contributed by atoms with E-state index in [1.807, 2.05) is 37.3 Å². The van der Waals surface area contributed by atoms with Crippen LogP contribution in [0.15, 0.2) is 53.5 Å². The second-order valence-corrected chi connectivity index (χ2v) is 4.33. The minimum Gasteiger partial charge on any atom is -0.289 e. The molecule has 0 radical (unpaired) electrons. The van der Waals surface area contributed by atoms with Crippen LogP contribution in [0.2, 0.25) is 0 Å². The van der Waals surface area contributed by atoms with E-state index in [1.165, 1.54) is 6.07 Å². The molecule has 0 aliphatic carbocycles. The highest BCUT2D eigenvalue weighted by atomic mass is 19.2. The lowest BCUT2D eigenvalue weighted by molar-refractivity contribution is 0.507. The van der Waals surface area contributed by atoms with Crippen molar-refractivity contribution in [3.63, 3.8) is 0 Å². The minimum absolute atomic E-state index is 0.561. The molecule has 0 N–H and O–H groups in total. The van der Waals surface area contributed by atoms with E-state index < -0.39 is 11.6 Å². The Morgan fingerprint density at radius 2 is 1.74 bits per heavy atom. The molecule has 0 aliphatic heterocycles. The number of rotatable bonds is 4. The fraction of sp³-hybridized carbons (Fsp3) is 0.188. The monoisotopic (exact) mass is 259 g/mol. The van der Waals surface area contributed by atoms with E-state index in [-0.39, 0.29) is 0 Å². The Morgan fingerprint density at radius 3 is 2.42 bits per heavy atom. The van der Waals surface area contributed by atoms with Crippen LogP contribution in [0, 0.1) is 11.6 Å². The standard InChI is InChI=1S/C16H15F2N/c1-12(14-5-3-2-4-6-14)19-10-9-13-7-8-15(17)16(18)11-13/h2-8,11H,9-10H2,1H3. The minimum atomic E-state index is -0.812. The van der Waals surface area contributed by atoms with Gasteiger partial charge in [0.05, 0.1) is 0 Å². The number of halogens is 2. The van der Waals surface area contributed by atoms with Gasteiger partial charge in [0.25, 0.3) is 0 Å². The maximum Gasteiger partial charge on any atom is 0.159 e. The summed E-state index contributed by atoms with van der Waals surface area (Å²) in [7, 11) is 0. The zero-order chi connectivity index (χ0) is 13.7. The van der Waals surface area contributed by atoms with Crippen molar-refractivity contribution in [1.29, 1.82) is 0 Å². The second kappa shape index (κ2) is 6.23. The van der Waals surface area contributed by atoms with Gasteiger partial charge in [-0.2, -0.15) is 0 Å². The SMILES string of the molecule is CC(=NCCc1ccc(F)c(F)c1)c1ccccc1. The van der Waals surface area contributed by atoms with Crippen LogP contribution in [0.4, 0.5) is 8.78 Å². The molecule has 0 aliphatic rings. The summed E-state index contributed by atoms with van der Waals surface area (Å²) in [6, 6.07) is 13.8. The molecule has 0 atom stereocenters. The normalized spacial score (nSPS) is 11.6. The molecule has 0 aromatic heterocycles. The van der Waals surface area contributed by atoms with Gasteiger partial charge in [0.15, 0.2) is 11.6 Å². The first-order valence-corrected chi connectivity index (χ1v) is 6.17. The summed E-state index contributed by atoms with van der Waals surface area (Å²) in [5, 5.41) is 0. The lowest BCUT2D eigenvalue weighted by Gasteiger charge is -2.02. The van der Waals surface area contributed by atoms with Crippen LogP contribution in [0.25, 0.3) is 0 Å². The van der Waals surface area contributed by atoms with Gasteiger partial charge in [-0.15, -0.1) is 0 Å². The lowest BCUT2D eigenvalue weighted by atomic mass is 10.1. The van der Waals surface area contributed by atoms with E-state index in [0.29, 0.717) is 13.0 Å². The van der Waals surface area contributed by atoms with Crippen LogP contribution in [0.1, 0.15) is 18.1 Å². The molecular formula is C16H15F2N. The third-order valence-corrected chi connectivity index (χ3v) is 2.93. The fourth-order valence-electron chi connectivity index (χ4n) is 1.82. The van der Waals surface area contributed by atoms with Gasteiger partial charge < -0.3 is 0 Å². The maximum absolute atomic E-state index is 13.0. The van der Waals surface area contributed by atoms with Gasteiger partial charge in [0.1, 0.15) is 0 Å². The summed E-state index contributed by atoms with van der Waals surface area (Å²) >= 11 is 0. The zero-order valence-electron chi connectivity index (χ0n) is 10.7. The molecule has 0 bridgehead atoms. The maximum atomic E-state index is 13.0. The highest BCUT2D eigenvalue weighted by molar-refractivity contribution is 5.98. The first-order valence-electron chi connectivity index (χ1n) is 6.17. The molecule has 0 fully saturated rings. The largest absolute Gasteiger partial charge is 0.289 e. The van der Waals surface area contributed by atoms with Crippen molar-refractivity contribution in [1.82, 2.24) is 0 Å². The van der Waals surface area contributed by atoms with Crippen LogP contribution in [-0.4, -0.2) is 12.3 Å². The Balaban J connectivity index is 1.97. The molecule has 0 heterocycles. The van der Waals surface area contributed by atoms with Gasteiger partial charge >= 0.3 is 0 Å². The summed E-state index contributed by atoms with van der Waals surface area (Å²) in [6.45, 7) is 2.51. The van der Waals surface area contributed by atoms with Crippen LogP contribution in [-0.2, 0) is 6.42 Å². The van der Waals surface area contributed by atoms with E-state index in [2.05, 4.69) is 4.99 Å². The van der Waals surface area contributed by atoms with Gasteiger partial charge in [-0.1, -0.05) is 36.4 Å². The van der Waals surface area contributed by atoms with Gasteiger partial charge in [0, 0.05) is 12.3 Å². The zero-order valence-corrected chi connectivity index (χ0v) is 10.7. The summed E-state index contributed by atoms with van der Waals surface area (Å²) < 4.78 is 25.8. The van der Waals surface area contributed by atoms with E-state index in [9.17, 15) is 8.78 Å². The average molecular weight is 259 g/mol. The summed E-state index contributed by atoms with van der Waals surface area (Å²) in [4.78, 5) is 4.44. The van der Waals surface area contributed by atoms with Crippen molar-refractivity contribution >= 4 is 5.71 Å². The molecule has 2 aromatic rings. The molecule has 98 valence electrons. The quantitative estimate of drug-likeness (QED) is 0.735. The summed E-state index contributed by atoms with van der Waals surface area (Å²) in [5.74, 6) is -1.62. The smallest absolute Gasteiger partial charge is 0.159 e. The first-order chi connectivity index (χ1) is 9.16. The van der Waals surface area contributed by atoms with Gasteiger partial charge in [-0.05, 0) is 36.6 Å². The van der Waals surface area contributed by atoms with Gasteiger partial charge in [-0.3, -0.25) is 4.99 Å². The molecule has 2 rings (SSSR count). The van der Waals surface area contributed by atoms with E-state index in [0.717, 1.165) is 22.9 Å².